The normalized spacial score (nSPS) is 21.3. The van der Waals surface area contributed by atoms with Gasteiger partial charge in [-0.05, 0) is 19.9 Å². The van der Waals surface area contributed by atoms with Gasteiger partial charge in [0.1, 0.15) is 0 Å². The summed E-state index contributed by atoms with van der Waals surface area (Å²) in [5.41, 5.74) is 1.52. The molecular formula is C23H27N3O3. The van der Waals surface area contributed by atoms with E-state index in [0.717, 1.165) is 29.7 Å². The lowest BCUT2D eigenvalue weighted by Crippen LogP contribution is -2.49. The first-order valence-corrected chi connectivity index (χ1v) is 10.1. The number of β-amino-alcohol motifs (C(OH)–C–C–N with tert-alkyl or cyclic N) is 1. The summed E-state index contributed by atoms with van der Waals surface area (Å²) < 4.78 is 7.16. The second kappa shape index (κ2) is 8.45. The van der Waals surface area contributed by atoms with Crippen LogP contribution in [-0.4, -0.2) is 57.7 Å². The Morgan fingerprint density at radius 3 is 2.31 bits per heavy atom. The van der Waals surface area contributed by atoms with Crippen LogP contribution in [0.4, 0.5) is 0 Å². The first-order chi connectivity index (χ1) is 14.0. The highest BCUT2D eigenvalue weighted by Crippen LogP contribution is 2.24. The number of aliphatic hydroxyl groups excluding tert-OH is 1. The van der Waals surface area contributed by atoms with Gasteiger partial charge in [-0.25, -0.2) is 4.68 Å². The molecule has 2 heterocycles. The van der Waals surface area contributed by atoms with E-state index >= 15 is 0 Å². The zero-order valence-corrected chi connectivity index (χ0v) is 16.9. The lowest BCUT2D eigenvalue weighted by atomic mass is 10.1. The van der Waals surface area contributed by atoms with E-state index in [1.165, 1.54) is 4.68 Å². The number of hydrogen-bond donors (Lipinski definition) is 1. The van der Waals surface area contributed by atoms with Crippen LogP contribution < -0.4 is 5.56 Å². The van der Waals surface area contributed by atoms with E-state index in [2.05, 4.69) is 10.00 Å². The maximum absolute atomic E-state index is 13.0. The molecule has 0 saturated carbocycles. The van der Waals surface area contributed by atoms with E-state index in [1.807, 2.05) is 68.4 Å². The van der Waals surface area contributed by atoms with Crippen molar-refractivity contribution in [3.63, 3.8) is 0 Å². The van der Waals surface area contributed by atoms with Gasteiger partial charge < -0.3 is 9.84 Å². The highest BCUT2D eigenvalue weighted by atomic mass is 16.5. The number of morpholine rings is 1. The van der Waals surface area contributed by atoms with Crippen LogP contribution in [-0.2, 0) is 11.3 Å². The van der Waals surface area contributed by atoms with Crippen LogP contribution in [0.15, 0.2) is 59.4 Å². The van der Waals surface area contributed by atoms with Gasteiger partial charge in [-0.1, -0.05) is 48.5 Å². The molecule has 0 bridgehead atoms. The lowest BCUT2D eigenvalue weighted by Gasteiger charge is -2.36. The fourth-order valence-electron chi connectivity index (χ4n) is 4.16. The summed E-state index contributed by atoms with van der Waals surface area (Å²) in [5, 5.41) is 16.8. The minimum Gasteiger partial charge on any atom is -0.390 e. The first kappa shape index (κ1) is 19.8. The Hall–Kier alpha value is -2.54. The number of benzene rings is 2. The Balaban J connectivity index is 1.64. The average molecular weight is 393 g/mol. The molecule has 3 atom stereocenters. The second-order valence-corrected chi connectivity index (χ2v) is 7.88. The summed E-state index contributed by atoms with van der Waals surface area (Å²) in [6, 6.07) is 17.3. The van der Waals surface area contributed by atoms with E-state index in [9.17, 15) is 9.90 Å². The number of hydrogen-bond acceptors (Lipinski definition) is 5. The van der Waals surface area contributed by atoms with Gasteiger partial charge in [-0.2, -0.15) is 5.10 Å². The summed E-state index contributed by atoms with van der Waals surface area (Å²) >= 11 is 0. The van der Waals surface area contributed by atoms with Crippen molar-refractivity contribution in [1.82, 2.24) is 14.7 Å². The van der Waals surface area contributed by atoms with Crippen molar-refractivity contribution in [1.29, 1.82) is 0 Å². The zero-order chi connectivity index (χ0) is 20.4. The molecule has 0 spiro atoms. The number of rotatable bonds is 5. The highest BCUT2D eigenvalue weighted by Gasteiger charge is 2.24. The van der Waals surface area contributed by atoms with Crippen LogP contribution in [0.1, 0.15) is 13.8 Å². The molecule has 1 aliphatic heterocycles. The van der Waals surface area contributed by atoms with Gasteiger partial charge in [0, 0.05) is 30.6 Å². The molecule has 152 valence electrons. The Labute approximate surface area is 170 Å². The predicted octanol–water partition coefficient (Wildman–Crippen LogP) is 2.53. The minimum absolute atomic E-state index is 0.136. The molecule has 6 heteroatoms. The molecule has 4 rings (SSSR count). The predicted molar refractivity (Wildman–Crippen MR) is 114 cm³/mol. The summed E-state index contributed by atoms with van der Waals surface area (Å²) in [6.45, 7) is 6.27. The second-order valence-electron chi connectivity index (χ2n) is 7.88. The molecule has 3 aromatic rings. The van der Waals surface area contributed by atoms with Crippen LogP contribution in [0.3, 0.4) is 0 Å². The van der Waals surface area contributed by atoms with Crippen molar-refractivity contribution < 1.29 is 9.84 Å². The van der Waals surface area contributed by atoms with Crippen LogP contribution in [0.25, 0.3) is 22.0 Å². The third-order valence-electron chi connectivity index (χ3n) is 5.26. The van der Waals surface area contributed by atoms with Gasteiger partial charge in [-0.3, -0.25) is 9.69 Å². The molecule has 2 aromatic carbocycles. The molecule has 0 aliphatic carbocycles. The van der Waals surface area contributed by atoms with Gasteiger partial charge in [-0.15, -0.1) is 0 Å². The Kier molecular flexibility index (Phi) is 5.76. The molecule has 0 radical (unpaired) electrons. The number of ether oxygens (including phenoxy) is 1. The topological polar surface area (TPSA) is 67.6 Å². The average Bonchev–Trinajstić information content (AvgIpc) is 2.70. The fourth-order valence-corrected chi connectivity index (χ4v) is 4.16. The number of aliphatic hydroxyl groups is 1. The van der Waals surface area contributed by atoms with Crippen LogP contribution in [0.5, 0.6) is 0 Å². The van der Waals surface area contributed by atoms with E-state index in [4.69, 9.17) is 4.74 Å². The van der Waals surface area contributed by atoms with Crippen LogP contribution in [0, 0.1) is 0 Å². The Morgan fingerprint density at radius 1 is 1.00 bits per heavy atom. The van der Waals surface area contributed by atoms with E-state index < -0.39 is 6.10 Å². The zero-order valence-electron chi connectivity index (χ0n) is 16.9. The first-order valence-electron chi connectivity index (χ1n) is 10.1. The lowest BCUT2D eigenvalue weighted by molar-refractivity contribution is -0.0774. The SMILES string of the molecule is C[C@@H]1CN(C[C@@H](O)Cn2nc(-c3ccccc3)c3ccccc3c2=O)C[C@@H](C)O1. The molecule has 1 N–H and O–H groups in total. The maximum atomic E-state index is 13.0. The standard InChI is InChI=1S/C23H27N3O3/c1-16-12-25(13-17(2)29-16)14-19(27)15-26-23(28)21-11-7-6-10-20(21)22(24-26)18-8-4-3-5-9-18/h3-11,16-17,19,27H,12-15H2,1-2H3/t16-,17-,19-/m1/s1. The molecule has 1 saturated heterocycles. The van der Waals surface area contributed by atoms with Gasteiger partial charge in [0.05, 0.1) is 35.9 Å². The van der Waals surface area contributed by atoms with Crippen molar-refractivity contribution in [2.75, 3.05) is 19.6 Å². The van der Waals surface area contributed by atoms with E-state index in [0.29, 0.717) is 11.9 Å². The van der Waals surface area contributed by atoms with Gasteiger partial charge in [0.25, 0.3) is 5.56 Å². The summed E-state index contributed by atoms with van der Waals surface area (Å²) in [6.07, 6.45) is -0.420. The monoisotopic (exact) mass is 393 g/mol. The van der Waals surface area contributed by atoms with Crippen LogP contribution >= 0.6 is 0 Å². The van der Waals surface area contributed by atoms with Gasteiger partial charge in [0.2, 0.25) is 0 Å². The molecule has 1 aliphatic rings. The molecule has 0 unspecified atom stereocenters. The number of nitrogens with zero attached hydrogens (tertiary/aromatic N) is 3. The third kappa shape index (κ3) is 4.40. The van der Waals surface area contributed by atoms with Crippen molar-refractivity contribution in [2.24, 2.45) is 0 Å². The Morgan fingerprint density at radius 2 is 1.62 bits per heavy atom. The number of fused-ring (bicyclic) bond motifs is 1. The largest absolute Gasteiger partial charge is 0.390 e. The molecule has 0 amide bonds. The molecule has 6 nitrogen and oxygen atoms in total. The fraction of sp³-hybridized carbons (Fsp3) is 0.391. The summed E-state index contributed by atoms with van der Waals surface area (Å²) in [7, 11) is 0. The molecular weight excluding hydrogens is 366 g/mol. The number of aromatic nitrogens is 2. The van der Waals surface area contributed by atoms with Crippen molar-refractivity contribution in [2.45, 2.75) is 38.7 Å². The van der Waals surface area contributed by atoms with Crippen molar-refractivity contribution in [3.8, 4) is 11.3 Å². The van der Waals surface area contributed by atoms with Crippen LogP contribution in [0.2, 0.25) is 0 Å². The quantitative estimate of drug-likeness (QED) is 0.722. The molecule has 1 fully saturated rings. The smallest absolute Gasteiger partial charge is 0.274 e. The minimum atomic E-state index is -0.692. The molecule has 1 aromatic heterocycles. The summed E-state index contributed by atoms with van der Waals surface area (Å²) in [4.78, 5) is 15.2. The maximum Gasteiger partial charge on any atom is 0.274 e. The van der Waals surface area contributed by atoms with Gasteiger partial charge in [0.15, 0.2) is 0 Å². The summed E-state index contributed by atoms with van der Waals surface area (Å²) in [5.74, 6) is 0. The van der Waals surface area contributed by atoms with Crippen molar-refractivity contribution in [3.05, 3.63) is 65.0 Å². The van der Waals surface area contributed by atoms with Crippen molar-refractivity contribution >= 4 is 10.8 Å². The van der Waals surface area contributed by atoms with Gasteiger partial charge >= 0.3 is 0 Å². The van der Waals surface area contributed by atoms with E-state index in [-0.39, 0.29) is 24.3 Å². The van der Waals surface area contributed by atoms with E-state index in [1.54, 1.807) is 0 Å². The third-order valence-corrected chi connectivity index (χ3v) is 5.26. The Bertz CT molecular complexity index is 1020. The molecule has 29 heavy (non-hydrogen) atoms. The highest BCUT2D eigenvalue weighted by molar-refractivity contribution is 5.93.